The molecule has 1 N–H and O–H groups in total. The summed E-state index contributed by atoms with van der Waals surface area (Å²) in [6.07, 6.45) is 0. The van der Waals surface area contributed by atoms with Gasteiger partial charge in [-0.15, -0.1) is 0 Å². The zero-order chi connectivity index (χ0) is 23.7. The molecule has 0 atom stereocenters. The number of benzene rings is 3. The fourth-order valence-corrected chi connectivity index (χ4v) is 3.93. The Hall–Kier alpha value is -4.06. The molecule has 33 heavy (non-hydrogen) atoms. The molecule has 0 unspecified atom stereocenters. The molecule has 0 saturated carbocycles. The second kappa shape index (κ2) is 8.82. The number of methoxy groups -OCH3 is 2. The fraction of sp³-hybridized carbons (Fsp3) is 0.185. The number of rotatable bonds is 6. The predicted octanol–water partition coefficient (Wildman–Crippen LogP) is 5.03. The van der Waals surface area contributed by atoms with Crippen LogP contribution in [0.25, 0.3) is 5.57 Å². The van der Waals surface area contributed by atoms with Gasteiger partial charge in [0.05, 0.1) is 25.5 Å². The van der Waals surface area contributed by atoms with Crippen molar-refractivity contribution in [1.82, 2.24) is 0 Å². The standard InChI is InChI=1S/C27H26N2O4/c1-16-8-6-10-20(14-16)29-26(30)24(19-12-13-22(32-4)23(15-19)33-5)25(27(29)31)28-21-11-7-9-17(2)18(21)3/h6-15,28H,1-5H3. The Morgan fingerprint density at radius 2 is 1.52 bits per heavy atom. The lowest BCUT2D eigenvalue weighted by Gasteiger charge is -2.16. The van der Waals surface area contributed by atoms with Gasteiger partial charge in [-0.25, -0.2) is 4.90 Å². The van der Waals surface area contributed by atoms with E-state index >= 15 is 0 Å². The lowest BCUT2D eigenvalue weighted by molar-refractivity contribution is -0.120. The highest BCUT2D eigenvalue weighted by atomic mass is 16.5. The molecule has 0 fully saturated rings. The Morgan fingerprint density at radius 3 is 2.21 bits per heavy atom. The van der Waals surface area contributed by atoms with Crippen molar-refractivity contribution in [2.45, 2.75) is 20.8 Å². The number of hydrogen-bond acceptors (Lipinski definition) is 5. The van der Waals surface area contributed by atoms with E-state index in [2.05, 4.69) is 5.32 Å². The normalized spacial score (nSPS) is 13.5. The summed E-state index contributed by atoms with van der Waals surface area (Å²) in [6, 6.07) is 18.4. The Balaban J connectivity index is 1.89. The highest BCUT2D eigenvalue weighted by Gasteiger charge is 2.40. The smallest absolute Gasteiger partial charge is 0.282 e. The van der Waals surface area contributed by atoms with Gasteiger partial charge >= 0.3 is 0 Å². The summed E-state index contributed by atoms with van der Waals surface area (Å²) in [6.45, 7) is 5.91. The van der Waals surface area contributed by atoms with Crippen LogP contribution in [0.3, 0.4) is 0 Å². The zero-order valence-electron chi connectivity index (χ0n) is 19.4. The van der Waals surface area contributed by atoms with Crippen molar-refractivity contribution in [2.75, 3.05) is 24.4 Å². The number of imide groups is 1. The van der Waals surface area contributed by atoms with E-state index in [1.54, 1.807) is 31.4 Å². The molecule has 1 heterocycles. The van der Waals surface area contributed by atoms with Crippen LogP contribution < -0.4 is 19.7 Å². The summed E-state index contributed by atoms with van der Waals surface area (Å²) in [4.78, 5) is 28.5. The van der Waals surface area contributed by atoms with Crippen LogP contribution >= 0.6 is 0 Å². The third-order valence-corrected chi connectivity index (χ3v) is 5.88. The van der Waals surface area contributed by atoms with E-state index in [4.69, 9.17) is 9.47 Å². The van der Waals surface area contributed by atoms with E-state index in [-0.39, 0.29) is 11.3 Å². The summed E-state index contributed by atoms with van der Waals surface area (Å²) < 4.78 is 10.8. The van der Waals surface area contributed by atoms with Crippen molar-refractivity contribution in [1.29, 1.82) is 0 Å². The molecule has 6 nitrogen and oxygen atoms in total. The van der Waals surface area contributed by atoms with Crippen LogP contribution in [-0.2, 0) is 9.59 Å². The van der Waals surface area contributed by atoms with Crippen LogP contribution in [0.1, 0.15) is 22.3 Å². The SMILES string of the molecule is COc1ccc(C2=C(Nc3cccc(C)c3C)C(=O)N(c3cccc(C)c3)C2=O)cc1OC. The molecular formula is C27H26N2O4. The molecule has 1 aliphatic rings. The average Bonchev–Trinajstić information content (AvgIpc) is 3.05. The number of ether oxygens (including phenoxy) is 2. The van der Waals surface area contributed by atoms with E-state index in [1.807, 2.05) is 57.2 Å². The minimum Gasteiger partial charge on any atom is -0.493 e. The van der Waals surface area contributed by atoms with Gasteiger partial charge in [0, 0.05) is 5.69 Å². The number of anilines is 2. The van der Waals surface area contributed by atoms with Gasteiger partial charge in [-0.3, -0.25) is 9.59 Å². The second-order valence-electron chi connectivity index (χ2n) is 7.98. The van der Waals surface area contributed by atoms with E-state index in [0.717, 1.165) is 22.4 Å². The minimum atomic E-state index is -0.406. The molecule has 0 spiro atoms. The largest absolute Gasteiger partial charge is 0.493 e. The molecule has 3 aromatic rings. The van der Waals surface area contributed by atoms with Gasteiger partial charge in [-0.2, -0.15) is 0 Å². The fourth-order valence-electron chi connectivity index (χ4n) is 3.93. The molecule has 0 bridgehead atoms. The van der Waals surface area contributed by atoms with Gasteiger partial charge in [0.2, 0.25) is 0 Å². The molecule has 2 amide bonds. The number of nitrogens with one attached hydrogen (secondary N) is 1. The quantitative estimate of drug-likeness (QED) is 0.543. The van der Waals surface area contributed by atoms with Crippen LogP contribution in [0.15, 0.2) is 66.4 Å². The maximum absolute atomic E-state index is 13.7. The molecule has 168 valence electrons. The molecule has 0 aliphatic carbocycles. The molecule has 0 saturated heterocycles. The van der Waals surface area contributed by atoms with Gasteiger partial charge in [0.1, 0.15) is 5.70 Å². The first-order chi connectivity index (χ1) is 15.8. The van der Waals surface area contributed by atoms with Crippen LogP contribution in [-0.4, -0.2) is 26.0 Å². The monoisotopic (exact) mass is 442 g/mol. The van der Waals surface area contributed by atoms with E-state index in [0.29, 0.717) is 22.7 Å². The number of amides is 2. The predicted molar refractivity (Wildman–Crippen MR) is 130 cm³/mol. The molecule has 6 heteroatoms. The minimum absolute atomic E-state index is 0.224. The van der Waals surface area contributed by atoms with Gasteiger partial charge in [-0.05, 0) is 73.4 Å². The van der Waals surface area contributed by atoms with Crippen molar-refractivity contribution in [3.05, 3.63) is 88.6 Å². The van der Waals surface area contributed by atoms with E-state index in [9.17, 15) is 9.59 Å². The highest BCUT2D eigenvalue weighted by molar-refractivity contribution is 6.46. The molecule has 0 aromatic heterocycles. The third-order valence-electron chi connectivity index (χ3n) is 5.88. The number of aryl methyl sites for hydroxylation is 2. The summed E-state index contributed by atoms with van der Waals surface area (Å²) in [5, 5.41) is 3.25. The zero-order valence-corrected chi connectivity index (χ0v) is 19.4. The second-order valence-corrected chi connectivity index (χ2v) is 7.98. The molecular weight excluding hydrogens is 416 g/mol. The number of hydrogen-bond donors (Lipinski definition) is 1. The van der Waals surface area contributed by atoms with Crippen LogP contribution in [0.5, 0.6) is 11.5 Å². The molecule has 4 rings (SSSR count). The maximum Gasteiger partial charge on any atom is 0.282 e. The van der Waals surface area contributed by atoms with Crippen LogP contribution in [0.4, 0.5) is 11.4 Å². The number of carbonyl (C=O) groups excluding carboxylic acids is 2. The Kier molecular flexibility index (Phi) is 5.92. The van der Waals surface area contributed by atoms with Crippen molar-refractivity contribution < 1.29 is 19.1 Å². The summed E-state index contributed by atoms with van der Waals surface area (Å²) in [5.41, 5.74) is 5.42. The van der Waals surface area contributed by atoms with Gasteiger partial charge < -0.3 is 14.8 Å². The van der Waals surface area contributed by atoms with E-state index in [1.165, 1.54) is 12.0 Å². The van der Waals surface area contributed by atoms with Crippen molar-refractivity contribution >= 4 is 28.8 Å². The maximum atomic E-state index is 13.7. The van der Waals surface area contributed by atoms with E-state index < -0.39 is 11.8 Å². The van der Waals surface area contributed by atoms with Crippen molar-refractivity contribution in [2.24, 2.45) is 0 Å². The van der Waals surface area contributed by atoms with Gasteiger partial charge in [0.15, 0.2) is 11.5 Å². The summed E-state index contributed by atoms with van der Waals surface area (Å²) in [7, 11) is 3.08. The van der Waals surface area contributed by atoms with Gasteiger partial charge in [0.25, 0.3) is 11.8 Å². The summed E-state index contributed by atoms with van der Waals surface area (Å²) >= 11 is 0. The Labute approximate surface area is 193 Å². The molecule has 3 aromatic carbocycles. The average molecular weight is 443 g/mol. The summed E-state index contributed by atoms with van der Waals surface area (Å²) in [5.74, 6) is 0.211. The Morgan fingerprint density at radius 1 is 0.788 bits per heavy atom. The number of carbonyl (C=O) groups is 2. The molecule has 1 aliphatic heterocycles. The number of nitrogens with zero attached hydrogens (tertiary/aromatic N) is 1. The van der Waals surface area contributed by atoms with Crippen molar-refractivity contribution in [3.63, 3.8) is 0 Å². The Bertz CT molecular complexity index is 1290. The van der Waals surface area contributed by atoms with Crippen LogP contribution in [0.2, 0.25) is 0 Å². The lowest BCUT2D eigenvalue weighted by Crippen LogP contribution is -2.32. The first kappa shape index (κ1) is 22.1. The third kappa shape index (κ3) is 3.96. The lowest BCUT2D eigenvalue weighted by atomic mass is 10.0. The topological polar surface area (TPSA) is 67.9 Å². The van der Waals surface area contributed by atoms with Crippen LogP contribution in [0, 0.1) is 20.8 Å². The highest BCUT2D eigenvalue weighted by Crippen LogP contribution is 2.38. The van der Waals surface area contributed by atoms with Crippen molar-refractivity contribution in [3.8, 4) is 11.5 Å². The first-order valence-corrected chi connectivity index (χ1v) is 10.6. The molecule has 0 radical (unpaired) electrons. The first-order valence-electron chi connectivity index (χ1n) is 10.6. The van der Waals surface area contributed by atoms with Gasteiger partial charge in [-0.1, -0.05) is 30.3 Å².